The Balaban J connectivity index is 2.08. The highest BCUT2D eigenvalue weighted by Crippen LogP contribution is 2.27. The van der Waals surface area contributed by atoms with Crippen molar-refractivity contribution in [3.05, 3.63) is 52.7 Å². The van der Waals surface area contributed by atoms with Gasteiger partial charge in [0.1, 0.15) is 18.0 Å². The van der Waals surface area contributed by atoms with Crippen molar-refractivity contribution < 1.29 is 9.53 Å². The molecule has 1 heterocycles. The molecule has 0 N–H and O–H groups in total. The average Bonchev–Trinajstić information content (AvgIpc) is 2.53. The van der Waals surface area contributed by atoms with Gasteiger partial charge in [-0.2, -0.15) is 0 Å². The van der Waals surface area contributed by atoms with E-state index in [1.54, 1.807) is 31.2 Å². The van der Waals surface area contributed by atoms with Gasteiger partial charge >= 0.3 is 0 Å². The van der Waals surface area contributed by atoms with E-state index >= 15 is 0 Å². The predicted octanol–water partition coefficient (Wildman–Crippen LogP) is 1.30. The maximum atomic E-state index is 12.5. The van der Waals surface area contributed by atoms with E-state index in [9.17, 15) is 9.59 Å². The zero-order chi connectivity index (χ0) is 14.8. The van der Waals surface area contributed by atoms with Crippen molar-refractivity contribution in [1.29, 1.82) is 0 Å². The molecule has 21 heavy (non-hydrogen) atoms. The SMILES string of the molecule is BBC(=O)COc1ccc2sc3ccccc3c(=O)c2c1. The van der Waals surface area contributed by atoms with Crippen molar-refractivity contribution in [2.24, 2.45) is 0 Å². The number of hydrogen-bond donors (Lipinski definition) is 0. The molecular formula is C15H12B2O3S. The first-order valence-corrected chi connectivity index (χ1v) is 7.61. The van der Waals surface area contributed by atoms with Gasteiger partial charge in [-0.05, 0) is 30.3 Å². The maximum Gasteiger partial charge on any atom is 0.196 e. The number of carbonyl (C=O) groups is 1. The fraction of sp³-hybridized carbons (Fsp3) is 0.0667. The first kappa shape index (κ1) is 13.9. The molecule has 0 fully saturated rings. The first-order chi connectivity index (χ1) is 10.2. The lowest BCUT2D eigenvalue weighted by atomic mass is 9.53. The normalized spacial score (nSPS) is 10.7. The van der Waals surface area contributed by atoms with Gasteiger partial charge < -0.3 is 9.53 Å². The Morgan fingerprint density at radius 2 is 1.90 bits per heavy atom. The van der Waals surface area contributed by atoms with Crippen molar-refractivity contribution in [1.82, 2.24) is 0 Å². The van der Waals surface area contributed by atoms with E-state index in [1.165, 1.54) is 0 Å². The van der Waals surface area contributed by atoms with Crippen molar-refractivity contribution in [2.45, 2.75) is 0 Å². The molecule has 0 saturated heterocycles. The second-order valence-corrected chi connectivity index (χ2v) is 5.85. The van der Waals surface area contributed by atoms with Crippen LogP contribution in [0, 0.1) is 0 Å². The second-order valence-electron chi connectivity index (χ2n) is 4.77. The molecule has 0 amide bonds. The third kappa shape index (κ3) is 2.72. The average molecular weight is 294 g/mol. The summed E-state index contributed by atoms with van der Waals surface area (Å²) in [5, 5.41) is 1.36. The minimum Gasteiger partial charge on any atom is -0.487 e. The van der Waals surface area contributed by atoms with Crippen LogP contribution in [0.4, 0.5) is 0 Å². The molecule has 102 valence electrons. The maximum absolute atomic E-state index is 12.5. The lowest BCUT2D eigenvalue weighted by Crippen LogP contribution is -2.18. The van der Waals surface area contributed by atoms with Crippen molar-refractivity contribution in [3.63, 3.8) is 0 Å². The molecule has 2 aromatic carbocycles. The topological polar surface area (TPSA) is 43.4 Å². The summed E-state index contributed by atoms with van der Waals surface area (Å²) in [6.45, 7) is 0.0488. The Labute approximate surface area is 127 Å². The van der Waals surface area contributed by atoms with Crippen LogP contribution in [0.2, 0.25) is 0 Å². The predicted molar refractivity (Wildman–Crippen MR) is 91.8 cm³/mol. The van der Waals surface area contributed by atoms with Gasteiger partial charge in [0.15, 0.2) is 12.6 Å². The molecule has 0 aliphatic rings. The largest absolute Gasteiger partial charge is 0.487 e. The molecule has 6 heteroatoms. The fourth-order valence-electron chi connectivity index (χ4n) is 2.14. The fourth-order valence-corrected chi connectivity index (χ4v) is 3.19. The molecule has 0 atom stereocenters. The van der Waals surface area contributed by atoms with E-state index in [0.717, 1.165) is 14.8 Å². The van der Waals surface area contributed by atoms with E-state index in [-0.39, 0.29) is 17.7 Å². The Morgan fingerprint density at radius 3 is 2.71 bits per heavy atom. The van der Waals surface area contributed by atoms with Crippen LogP contribution in [0.5, 0.6) is 5.75 Å². The smallest absolute Gasteiger partial charge is 0.196 e. The van der Waals surface area contributed by atoms with Crippen LogP contribution in [-0.2, 0) is 4.79 Å². The molecule has 0 unspecified atom stereocenters. The van der Waals surface area contributed by atoms with E-state index in [4.69, 9.17) is 4.74 Å². The van der Waals surface area contributed by atoms with Crippen LogP contribution in [-0.4, -0.2) is 27.2 Å². The molecule has 0 aliphatic heterocycles. The number of benzene rings is 2. The number of rotatable bonds is 4. The summed E-state index contributed by atoms with van der Waals surface area (Å²) >= 11 is 1.58. The quantitative estimate of drug-likeness (QED) is 0.538. The van der Waals surface area contributed by atoms with E-state index in [0.29, 0.717) is 18.3 Å². The second kappa shape index (κ2) is 5.74. The van der Waals surface area contributed by atoms with Crippen molar-refractivity contribution in [3.8, 4) is 5.75 Å². The molecule has 0 saturated carbocycles. The molecule has 3 rings (SSSR count). The Kier molecular flexibility index (Phi) is 3.80. The Bertz CT molecular complexity index is 889. The van der Waals surface area contributed by atoms with Crippen molar-refractivity contribution >= 4 is 52.1 Å². The van der Waals surface area contributed by atoms with Crippen LogP contribution in [0.15, 0.2) is 47.3 Å². The standard InChI is InChI=1S/C15H12B2O3S/c16-17-14(18)8-20-9-5-6-13-11(7-9)15(19)10-3-1-2-4-12(10)21-13/h1-7,17H,8,16H2. The highest BCUT2D eigenvalue weighted by atomic mass is 32.1. The van der Waals surface area contributed by atoms with E-state index in [1.807, 2.05) is 30.3 Å². The lowest BCUT2D eigenvalue weighted by Gasteiger charge is -2.06. The third-order valence-corrected chi connectivity index (χ3v) is 4.49. The molecule has 0 radical (unpaired) electrons. The molecule has 0 aliphatic carbocycles. The van der Waals surface area contributed by atoms with Gasteiger partial charge in [0, 0.05) is 20.2 Å². The van der Waals surface area contributed by atoms with Crippen molar-refractivity contribution in [2.75, 3.05) is 6.61 Å². The lowest BCUT2D eigenvalue weighted by molar-refractivity contribution is -0.113. The number of fused-ring (bicyclic) bond motifs is 2. The van der Waals surface area contributed by atoms with Gasteiger partial charge in [0.25, 0.3) is 0 Å². The molecular weight excluding hydrogens is 282 g/mol. The Morgan fingerprint density at radius 1 is 1.14 bits per heavy atom. The third-order valence-electron chi connectivity index (χ3n) is 3.34. The van der Waals surface area contributed by atoms with E-state index < -0.39 is 0 Å². The summed E-state index contributed by atoms with van der Waals surface area (Å²) in [7, 11) is 2.25. The van der Waals surface area contributed by atoms with Crippen LogP contribution >= 0.6 is 11.3 Å². The zero-order valence-electron chi connectivity index (χ0n) is 11.6. The van der Waals surface area contributed by atoms with Gasteiger partial charge in [-0.3, -0.25) is 4.79 Å². The summed E-state index contributed by atoms with van der Waals surface area (Å²) in [5.74, 6) is 0.559. The van der Waals surface area contributed by atoms with Gasteiger partial charge in [-0.15, -0.1) is 11.3 Å². The highest BCUT2D eigenvalue weighted by molar-refractivity contribution is 7.24. The van der Waals surface area contributed by atoms with Gasteiger partial charge in [0.2, 0.25) is 0 Å². The Hall–Kier alpha value is -2.07. The number of hydrogen-bond acceptors (Lipinski definition) is 4. The van der Waals surface area contributed by atoms with E-state index in [2.05, 4.69) is 0 Å². The van der Waals surface area contributed by atoms with Gasteiger partial charge in [0.05, 0.1) is 7.74 Å². The monoisotopic (exact) mass is 294 g/mol. The zero-order valence-corrected chi connectivity index (χ0v) is 12.4. The summed E-state index contributed by atoms with van der Waals surface area (Å²) < 4.78 is 7.35. The molecule has 0 spiro atoms. The molecule has 3 nitrogen and oxygen atoms in total. The minimum atomic E-state index is 0.00613. The number of carbonyl (C=O) groups excluding carboxylic acids is 1. The van der Waals surface area contributed by atoms with Crippen LogP contribution in [0.3, 0.4) is 0 Å². The molecule has 3 aromatic rings. The van der Waals surface area contributed by atoms with Crippen LogP contribution in [0.1, 0.15) is 0 Å². The molecule has 0 bridgehead atoms. The summed E-state index contributed by atoms with van der Waals surface area (Å²) in [4.78, 5) is 23.8. The highest BCUT2D eigenvalue weighted by Gasteiger charge is 2.07. The number of ether oxygens (including phenoxy) is 1. The first-order valence-electron chi connectivity index (χ1n) is 6.79. The van der Waals surface area contributed by atoms with Gasteiger partial charge in [-0.25, -0.2) is 0 Å². The van der Waals surface area contributed by atoms with Gasteiger partial charge in [-0.1, -0.05) is 12.1 Å². The summed E-state index contributed by atoms with van der Waals surface area (Å²) in [6, 6.07) is 13.0. The summed E-state index contributed by atoms with van der Waals surface area (Å²) in [6.07, 6.45) is 0. The molecule has 1 aromatic heterocycles. The van der Waals surface area contributed by atoms with Crippen LogP contribution < -0.4 is 10.2 Å². The summed E-state index contributed by atoms with van der Waals surface area (Å²) in [5.41, 5.74) is 0.0467. The van der Waals surface area contributed by atoms with Crippen LogP contribution in [0.25, 0.3) is 20.2 Å². The minimum absolute atomic E-state index is 0.00613.